The monoisotopic (exact) mass is 394 g/mol. The highest BCUT2D eigenvalue weighted by molar-refractivity contribution is 6.13. The lowest BCUT2D eigenvalue weighted by Gasteiger charge is -2.11. The van der Waals surface area contributed by atoms with Crippen LogP contribution in [0.25, 0.3) is 6.08 Å². The molecule has 0 aliphatic carbocycles. The predicted octanol–water partition coefficient (Wildman–Crippen LogP) is 2.86. The summed E-state index contributed by atoms with van der Waals surface area (Å²) >= 11 is 0. The fourth-order valence-electron chi connectivity index (χ4n) is 2.78. The van der Waals surface area contributed by atoms with E-state index < -0.39 is 5.97 Å². The van der Waals surface area contributed by atoms with E-state index in [9.17, 15) is 9.59 Å². The van der Waals surface area contributed by atoms with E-state index in [0.717, 1.165) is 11.1 Å². The number of hydrogen-bond acceptors (Lipinski definition) is 6. The number of likely N-dealkylation sites (N-methyl/N-ethyl adjacent to an activating group) is 1. The molecule has 0 radical (unpaired) electrons. The summed E-state index contributed by atoms with van der Waals surface area (Å²) in [5.41, 5.74) is 2.63. The van der Waals surface area contributed by atoms with Gasteiger partial charge in [0.1, 0.15) is 0 Å². The molecule has 150 valence electrons. The third-order valence-electron chi connectivity index (χ3n) is 4.22. The minimum Gasteiger partial charge on any atom is -0.493 e. The number of aryl methyl sites for hydroxylation is 1. The first-order chi connectivity index (χ1) is 14.0. The van der Waals surface area contributed by atoms with Gasteiger partial charge in [-0.15, -0.1) is 0 Å². The topological polar surface area (TPSA) is 86.2 Å². The summed E-state index contributed by atoms with van der Waals surface area (Å²) in [5, 5.41) is 2.66. The van der Waals surface area contributed by atoms with Crippen LogP contribution in [0.15, 0.2) is 53.2 Å². The third kappa shape index (κ3) is 4.82. The molecule has 7 heteroatoms. The Labute approximate surface area is 169 Å². The number of aliphatic imine (C=N–C) groups is 1. The summed E-state index contributed by atoms with van der Waals surface area (Å²) in [6.45, 7) is 4.19. The van der Waals surface area contributed by atoms with Crippen molar-refractivity contribution in [1.29, 1.82) is 0 Å². The van der Waals surface area contributed by atoms with Crippen LogP contribution in [0.4, 0.5) is 0 Å². The fourth-order valence-corrected chi connectivity index (χ4v) is 2.78. The van der Waals surface area contributed by atoms with Crippen LogP contribution in [0.1, 0.15) is 23.6 Å². The molecule has 2 aromatic rings. The number of cyclic esters (lactones) is 1. The average molecular weight is 394 g/mol. The van der Waals surface area contributed by atoms with Crippen LogP contribution in [-0.2, 0) is 14.3 Å². The summed E-state index contributed by atoms with van der Waals surface area (Å²) < 4.78 is 16.2. The van der Waals surface area contributed by atoms with Crippen molar-refractivity contribution >= 4 is 23.9 Å². The smallest absolute Gasteiger partial charge is 0.363 e. The molecule has 0 atom stereocenters. The maximum absolute atomic E-state index is 12.2. The van der Waals surface area contributed by atoms with E-state index in [0.29, 0.717) is 23.6 Å². The molecular weight excluding hydrogens is 372 g/mol. The zero-order valence-corrected chi connectivity index (χ0v) is 16.5. The van der Waals surface area contributed by atoms with Crippen LogP contribution in [-0.4, -0.2) is 38.0 Å². The van der Waals surface area contributed by atoms with Crippen LogP contribution in [0.3, 0.4) is 0 Å². The number of ether oxygens (including phenoxy) is 3. The zero-order chi connectivity index (χ0) is 20.8. The lowest BCUT2D eigenvalue weighted by Crippen LogP contribution is -2.28. The van der Waals surface area contributed by atoms with Gasteiger partial charge in [0, 0.05) is 12.1 Å². The lowest BCUT2D eigenvalue weighted by atomic mass is 10.1. The van der Waals surface area contributed by atoms with Crippen molar-refractivity contribution in [3.63, 3.8) is 0 Å². The Balaban J connectivity index is 1.81. The van der Waals surface area contributed by atoms with Crippen LogP contribution in [0.2, 0.25) is 0 Å². The molecule has 3 rings (SSSR count). The van der Waals surface area contributed by atoms with E-state index in [1.54, 1.807) is 24.3 Å². The third-order valence-corrected chi connectivity index (χ3v) is 4.22. The van der Waals surface area contributed by atoms with E-state index in [1.165, 1.54) is 7.11 Å². The molecule has 29 heavy (non-hydrogen) atoms. The number of nitrogens with zero attached hydrogens (tertiary/aromatic N) is 1. The van der Waals surface area contributed by atoms with Crippen molar-refractivity contribution in [2.24, 2.45) is 4.99 Å². The molecule has 1 N–H and O–H groups in total. The van der Waals surface area contributed by atoms with E-state index >= 15 is 0 Å². The summed E-state index contributed by atoms with van der Waals surface area (Å²) in [4.78, 5) is 28.1. The van der Waals surface area contributed by atoms with Gasteiger partial charge in [-0.1, -0.05) is 24.3 Å². The van der Waals surface area contributed by atoms with Crippen LogP contribution in [0.5, 0.6) is 11.5 Å². The summed E-state index contributed by atoms with van der Waals surface area (Å²) in [7, 11) is 1.50. The molecule has 0 unspecified atom stereocenters. The van der Waals surface area contributed by atoms with Gasteiger partial charge in [-0.3, -0.25) is 4.79 Å². The van der Waals surface area contributed by atoms with Gasteiger partial charge in [-0.05, 0) is 49.2 Å². The fraction of sp³-hybridized carbons (Fsp3) is 0.227. The SMILES string of the molecule is CCNC(=O)COc1ccc(/C=C2/N=C(c3ccccc3C)OC2=O)cc1OC. The van der Waals surface area contributed by atoms with E-state index in [-0.39, 0.29) is 24.1 Å². The van der Waals surface area contributed by atoms with E-state index in [1.807, 2.05) is 38.1 Å². The van der Waals surface area contributed by atoms with Crippen LogP contribution in [0, 0.1) is 6.92 Å². The molecule has 7 nitrogen and oxygen atoms in total. The molecule has 2 aromatic carbocycles. The van der Waals surface area contributed by atoms with Gasteiger partial charge >= 0.3 is 5.97 Å². The van der Waals surface area contributed by atoms with Crippen molar-refractivity contribution in [2.45, 2.75) is 13.8 Å². The Bertz CT molecular complexity index is 994. The van der Waals surface area contributed by atoms with Crippen molar-refractivity contribution in [2.75, 3.05) is 20.3 Å². The van der Waals surface area contributed by atoms with Crippen LogP contribution >= 0.6 is 0 Å². The molecule has 0 bridgehead atoms. The molecule has 0 saturated carbocycles. The number of hydrogen-bond donors (Lipinski definition) is 1. The van der Waals surface area contributed by atoms with Gasteiger partial charge in [-0.2, -0.15) is 0 Å². The van der Waals surface area contributed by atoms with Gasteiger partial charge in [0.05, 0.1) is 7.11 Å². The van der Waals surface area contributed by atoms with Gasteiger partial charge in [0.15, 0.2) is 23.8 Å². The molecule has 1 aliphatic rings. The minimum absolute atomic E-state index is 0.110. The minimum atomic E-state index is -0.515. The zero-order valence-electron chi connectivity index (χ0n) is 16.5. The number of methoxy groups -OCH3 is 1. The average Bonchev–Trinajstić information content (AvgIpc) is 3.07. The number of rotatable bonds is 7. The van der Waals surface area contributed by atoms with Crippen molar-refractivity contribution in [3.05, 3.63) is 64.9 Å². The predicted molar refractivity (Wildman–Crippen MR) is 109 cm³/mol. The highest BCUT2D eigenvalue weighted by Crippen LogP contribution is 2.30. The van der Waals surface area contributed by atoms with E-state index in [2.05, 4.69) is 10.3 Å². The number of esters is 1. The van der Waals surface area contributed by atoms with Gasteiger partial charge in [0.2, 0.25) is 5.90 Å². The summed E-state index contributed by atoms with van der Waals surface area (Å²) in [6.07, 6.45) is 1.61. The molecule has 0 fully saturated rings. The maximum Gasteiger partial charge on any atom is 0.363 e. The highest BCUT2D eigenvalue weighted by atomic mass is 16.6. The number of amides is 1. The Hall–Kier alpha value is -3.61. The number of carbonyl (C=O) groups excluding carboxylic acids is 2. The largest absolute Gasteiger partial charge is 0.493 e. The molecule has 0 spiro atoms. The highest BCUT2D eigenvalue weighted by Gasteiger charge is 2.25. The molecule has 0 aromatic heterocycles. The first-order valence-electron chi connectivity index (χ1n) is 9.18. The number of benzene rings is 2. The Morgan fingerprint density at radius 2 is 2.00 bits per heavy atom. The Morgan fingerprint density at radius 3 is 2.72 bits per heavy atom. The van der Waals surface area contributed by atoms with Crippen molar-refractivity contribution in [1.82, 2.24) is 5.32 Å². The summed E-state index contributed by atoms with van der Waals surface area (Å²) in [5.74, 6) is 0.427. The van der Waals surface area contributed by atoms with Gasteiger partial charge in [0.25, 0.3) is 5.91 Å². The van der Waals surface area contributed by atoms with Gasteiger partial charge in [-0.25, -0.2) is 9.79 Å². The Kier molecular flexibility index (Phi) is 6.29. The van der Waals surface area contributed by atoms with Crippen LogP contribution < -0.4 is 14.8 Å². The molecule has 1 aliphatic heterocycles. The first kappa shape index (κ1) is 20.1. The van der Waals surface area contributed by atoms with Crippen molar-refractivity contribution in [3.8, 4) is 11.5 Å². The maximum atomic E-state index is 12.2. The quantitative estimate of drug-likeness (QED) is 0.576. The normalized spacial score (nSPS) is 14.4. The van der Waals surface area contributed by atoms with Gasteiger partial charge < -0.3 is 19.5 Å². The first-order valence-corrected chi connectivity index (χ1v) is 9.18. The second-order valence-corrected chi connectivity index (χ2v) is 6.30. The van der Waals surface area contributed by atoms with Crippen molar-refractivity contribution < 1.29 is 23.8 Å². The Morgan fingerprint density at radius 1 is 1.21 bits per heavy atom. The van der Waals surface area contributed by atoms with E-state index in [4.69, 9.17) is 14.2 Å². The molecular formula is C22H22N2O5. The molecule has 0 saturated heterocycles. The number of nitrogens with one attached hydrogen (secondary N) is 1. The lowest BCUT2D eigenvalue weighted by molar-refractivity contribution is -0.130. The summed E-state index contributed by atoms with van der Waals surface area (Å²) in [6, 6.07) is 12.7. The second-order valence-electron chi connectivity index (χ2n) is 6.30. The second kappa shape index (κ2) is 9.05. The molecule has 1 amide bonds. The standard InChI is InChI=1S/C22H22N2O5/c1-4-23-20(25)13-28-18-10-9-15(12-19(18)27-3)11-17-22(26)29-21(24-17)16-8-6-5-7-14(16)2/h5-12H,4,13H2,1-3H3,(H,23,25)/b17-11+. The number of carbonyl (C=O) groups is 2. The molecule has 1 heterocycles.